The topological polar surface area (TPSA) is 55.1 Å². The van der Waals surface area contributed by atoms with Crippen LogP contribution in [-0.2, 0) is 6.42 Å². The second-order valence-corrected chi connectivity index (χ2v) is 18.6. The molecule has 5 nitrogen and oxygen atoms in total. The minimum atomic E-state index is -0.178. The van der Waals surface area contributed by atoms with Crippen molar-refractivity contribution in [2.75, 3.05) is 11.4 Å². The number of hydrogen-bond acceptors (Lipinski definition) is 6. The third kappa shape index (κ3) is 6.23. The standard InChI is InChI=1S/C58H44N4OS/c1-36(32-38-18-6-4-7-19-38)47-35-62(37(2)33-40-22-14-15-31-58(40,47)3)48-34-46-52-44(26-16-28-49(52)63-54(46)42-24-11-10-23-41(42)48)56-59-55(39-20-8-5-9-21-39)60-57(61-56)45-27-17-30-51-53(45)43-25-12-13-29-50(43)64-51/h4-31,33-34,36,47H,2,32,35H2,1,3H3/t36?,47-,58-/m1/s1. The SMILES string of the molecule is C=C1C=C2C=CC=C[C@@]2(C)[C@@H](C(C)Cc2ccccc2)CN1c1cc2c(oc3cccc(-c4nc(-c5ccccc5)nc(-c5cccc6sc7ccccc7c56)n4)c32)c2ccccc12. The van der Waals surface area contributed by atoms with Crippen LogP contribution in [0, 0.1) is 17.3 Å². The van der Waals surface area contributed by atoms with Crippen LogP contribution in [0.15, 0.2) is 204 Å². The Hall–Kier alpha value is -7.41. The predicted octanol–water partition coefficient (Wildman–Crippen LogP) is 15.2. The van der Waals surface area contributed by atoms with Crippen LogP contribution in [0.2, 0.25) is 0 Å². The molecule has 6 heteroatoms. The molecule has 1 unspecified atom stereocenters. The van der Waals surface area contributed by atoms with E-state index in [1.165, 1.54) is 25.9 Å². The first-order valence-electron chi connectivity index (χ1n) is 22.1. The molecule has 2 aliphatic rings. The van der Waals surface area contributed by atoms with E-state index in [0.29, 0.717) is 23.4 Å². The van der Waals surface area contributed by atoms with E-state index in [0.717, 1.165) is 79.1 Å². The van der Waals surface area contributed by atoms with E-state index in [1.807, 2.05) is 24.3 Å². The van der Waals surface area contributed by atoms with E-state index < -0.39 is 0 Å². The molecule has 3 atom stereocenters. The van der Waals surface area contributed by atoms with Crippen molar-refractivity contribution in [1.29, 1.82) is 0 Å². The third-order valence-corrected chi connectivity index (χ3v) is 14.8. The van der Waals surface area contributed by atoms with E-state index in [4.69, 9.17) is 25.9 Å². The first kappa shape index (κ1) is 38.3. The molecule has 308 valence electrons. The van der Waals surface area contributed by atoms with Crippen molar-refractivity contribution < 1.29 is 4.42 Å². The Bertz CT molecular complexity index is 3580. The first-order valence-corrected chi connectivity index (χ1v) is 22.9. The normalized spacial score (nSPS) is 18.0. The summed E-state index contributed by atoms with van der Waals surface area (Å²) in [5.74, 6) is 2.49. The molecule has 12 rings (SSSR count). The van der Waals surface area contributed by atoms with Gasteiger partial charge >= 0.3 is 0 Å². The molecule has 1 aliphatic heterocycles. The van der Waals surface area contributed by atoms with Crippen LogP contribution in [-0.4, -0.2) is 21.5 Å². The summed E-state index contributed by atoms with van der Waals surface area (Å²) in [6.45, 7) is 10.4. The number of rotatable bonds is 7. The number of furan rings is 1. The predicted molar refractivity (Wildman–Crippen MR) is 268 cm³/mol. The minimum absolute atomic E-state index is 0.178. The zero-order chi connectivity index (χ0) is 42.9. The average molecular weight is 845 g/mol. The molecule has 0 spiro atoms. The van der Waals surface area contributed by atoms with Gasteiger partial charge in [-0.25, -0.2) is 15.0 Å². The smallest absolute Gasteiger partial charge is 0.164 e. The van der Waals surface area contributed by atoms with Crippen molar-refractivity contribution >= 4 is 69.9 Å². The van der Waals surface area contributed by atoms with Crippen LogP contribution in [0.3, 0.4) is 0 Å². The fraction of sp³-hybridized carbons (Fsp3) is 0.121. The van der Waals surface area contributed by atoms with Gasteiger partial charge in [0, 0.05) is 81.8 Å². The lowest BCUT2D eigenvalue weighted by atomic mass is 9.64. The Morgan fingerprint density at radius 1 is 0.688 bits per heavy atom. The molecular formula is C58H44N4OS. The number of nitrogens with zero attached hydrogens (tertiary/aromatic N) is 4. The van der Waals surface area contributed by atoms with Gasteiger partial charge in [-0.15, -0.1) is 11.3 Å². The van der Waals surface area contributed by atoms with Gasteiger partial charge in [-0.05, 0) is 59.7 Å². The van der Waals surface area contributed by atoms with Crippen molar-refractivity contribution in [3.05, 3.63) is 205 Å². The minimum Gasteiger partial charge on any atom is -0.455 e. The maximum atomic E-state index is 6.92. The highest BCUT2D eigenvalue weighted by atomic mass is 32.1. The molecule has 7 aromatic carbocycles. The number of aromatic nitrogens is 3. The molecular weight excluding hydrogens is 801 g/mol. The number of hydrogen-bond donors (Lipinski definition) is 0. The van der Waals surface area contributed by atoms with Gasteiger partial charge in [-0.1, -0.05) is 172 Å². The van der Waals surface area contributed by atoms with Crippen LogP contribution in [0.4, 0.5) is 5.69 Å². The maximum Gasteiger partial charge on any atom is 0.164 e. The summed E-state index contributed by atoms with van der Waals surface area (Å²) in [7, 11) is 0. The number of allylic oxidation sites excluding steroid dienone is 6. The second kappa shape index (κ2) is 15.1. The summed E-state index contributed by atoms with van der Waals surface area (Å²) in [5, 5.41) is 6.51. The van der Waals surface area contributed by atoms with Crippen LogP contribution in [0.5, 0.6) is 0 Å². The van der Waals surface area contributed by atoms with E-state index in [2.05, 4.69) is 177 Å². The zero-order valence-corrected chi connectivity index (χ0v) is 36.5. The fourth-order valence-corrected chi connectivity index (χ4v) is 11.6. The van der Waals surface area contributed by atoms with Gasteiger partial charge in [-0.3, -0.25) is 0 Å². The van der Waals surface area contributed by atoms with Gasteiger partial charge in [0.05, 0.1) is 0 Å². The molecule has 0 radical (unpaired) electrons. The molecule has 10 aromatic rings. The molecule has 1 aliphatic carbocycles. The number of thiophene rings is 1. The van der Waals surface area contributed by atoms with Gasteiger partial charge in [0.15, 0.2) is 17.5 Å². The molecule has 0 N–H and O–H groups in total. The fourth-order valence-electron chi connectivity index (χ4n) is 10.5. The Balaban J connectivity index is 1.07. The van der Waals surface area contributed by atoms with E-state index in [-0.39, 0.29) is 11.3 Å². The van der Waals surface area contributed by atoms with Crippen LogP contribution in [0.1, 0.15) is 19.4 Å². The molecule has 0 amide bonds. The first-order chi connectivity index (χ1) is 31.4. The summed E-state index contributed by atoms with van der Waals surface area (Å²) >= 11 is 1.79. The lowest BCUT2D eigenvalue weighted by Gasteiger charge is -2.42. The van der Waals surface area contributed by atoms with Gasteiger partial charge < -0.3 is 9.32 Å². The highest BCUT2D eigenvalue weighted by Crippen LogP contribution is 2.50. The summed E-state index contributed by atoms with van der Waals surface area (Å²) in [5.41, 5.74) is 8.97. The lowest BCUT2D eigenvalue weighted by Crippen LogP contribution is -2.40. The largest absolute Gasteiger partial charge is 0.455 e. The summed E-state index contributed by atoms with van der Waals surface area (Å²) in [6, 6.07) is 53.4. The summed E-state index contributed by atoms with van der Waals surface area (Å²) in [4.78, 5) is 18.3. The molecule has 0 saturated heterocycles. The van der Waals surface area contributed by atoms with E-state index in [9.17, 15) is 0 Å². The Kier molecular flexibility index (Phi) is 9.06. The van der Waals surface area contributed by atoms with Crippen molar-refractivity contribution in [1.82, 2.24) is 15.0 Å². The Labute approximate surface area is 376 Å². The number of anilines is 1. The van der Waals surface area contributed by atoms with Crippen molar-refractivity contribution in [3.63, 3.8) is 0 Å². The molecule has 3 aromatic heterocycles. The van der Waals surface area contributed by atoms with Gasteiger partial charge in [0.25, 0.3) is 0 Å². The van der Waals surface area contributed by atoms with Crippen LogP contribution in [0.25, 0.3) is 87.0 Å². The summed E-state index contributed by atoms with van der Waals surface area (Å²) < 4.78 is 9.36. The van der Waals surface area contributed by atoms with Crippen molar-refractivity contribution in [2.45, 2.75) is 20.3 Å². The van der Waals surface area contributed by atoms with Crippen LogP contribution < -0.4 is 4.90 Å². The monoisotopic (exact) mass is 844 g/mol. The average Bonchev–Trinajstić information content (AvgIpc) is 3.88. The van der Waals surface area contributed by atoms with Gasteiger partial charge in [-0.2, -0.15) is 0 Å². The maximum absolute atomic E-state index is 6.92. The van der Waals surface area contributed by atoms with Crippen molar-refractivity contribution in [3.8, 4) is 34.2 Å². The van der Waals surface area contributed by atoms with Gasteiger partial charge in [0.2, 0.25) is 0 Å². The Morgan fingerprint density at radius 2 is 1.34 bits per heavy atom. The van der Waals surface area contributed by atoms with Gasteiger partial charge in [0.1, 0.15) is 11.2 Å². The molecule has 0 bridgehead atoms. The Morgan fingerprint density at radius 3 is 2.14 bits per heavy atom. The lowest BCUT2D eigenvalue weighted by molar-refractivity contribution is 0.227. The summed E-state index contributed by atoms with van der Waals surface area (Å²) in [6.07, 6.45) is 12.4. The highest BCUT2D eigenvalue weighted by Gasteiger charge is 2.42. The zero-order valence-electron chi connectivity index (χ0n) is 35.7. The van der Waals surface area contributed by atoms with Crippen LogP contribution >= 0.6 is 11.3 Å². The third-order valence-electron chi connectivity index (χ3n) is 13.7. The molecule has 0 saturated carbocycles. The van der Waals surface area contributed by atoms with E-state index in [1.54, 1.807) is 11.3 Å². The van der Waals surface area contributed by atoms with E-state index >= 15 is 0 Å². The van der Waals surface area contributed by atoms with Crippen molar-refractivity contribution in [2.24, 2.45) is 17.3 Å². The number of fused-ring (bicyclic) bond motifs is 9. The second-order valence-electron chi connectivity index (χ2n) is 17.5. The number of benzene rings is 7. The molecule has 4 heterocycles. The molecule has 64 heavy (non-hydrogen) atoms. The highest BCUT2D eigenvalue weighted by molar-refractivity contribution is 7.25. The molecule has 0 fully saturated rings. The quantitative estimate of drug-likeness (QED) is 0.160.